The number of pyridine rings is 1. The van der Waals surface area contributed by atoms with E-state index in [9.17, 15) is 9.65 Å². The molecular formula is C14H12Cl2FN5S. The SMILES string of the molecule is CSc1nc(N2CCCC(C#N)C2)c2c(Cl)nc(Cl)c(F)c2n1. The van der Waals surface area contributed by atoms with Crippen molar-refractivity contribution in [3.8, 4) is 6.07 Å². The summed E-state index contributed by atoms with van der Waals surface area (Å²) in [5.74, 6) is -0.290. The molecule has 9 heteroatoms. The summed E-state index contributed by atoms with van der Waals surface area (Å²) in [7, 11) is 0. The molecule has 0 aromatic carbocycles. The second-order valence-electron chi connectivity index (χ2n) is 5.18. The Bertz CT molecular complexity index is 810. The smallest absolute Gasteiger partial charge is 0.189 e. The zero-order valence-electron chi connectivity index (χ0n) is 12.2. The molecule has 3 rings (SSSR count). The third-order valence-electron chi connectivity index (χ3n) is 3.75. The van der Waals surface area contributed by atoms with Crippen LogP contribution in [0.25, 0.3) is 10.9 Å². The van der Waals surface area contributed by atoms with E-state index < -0.39 is 5.82 Å². The van der Waals surface area contributed by atoms with Gasteiger partial charge in [-0.2, -0.15) is 5.26 Å². The molecule has 1 aliphatic heterocycles. The molecule has 1 aliphatic rings. The maximum absolute atomic E-state index is 14.4. The highest BCUT2D eigenvalue weighted by Crippen LogP contribution is 2.36. The number of hydrogen-bond acceptors (Lipinski definition) is 6. The monoisotopic (exact) mass is 371 g/mol. The second kappa shape index (κ2) is 6.63. The highest BCUT2D eigenvalue weighted by Gasteiger charge is 2.26. The predicted molar refractivity (Wildman–Crippen MR) is 89.6 cm³/mol. The average Bonchev–Trinajstić information content (AvgIpc) is 2.58. The lowest BCUT2D eigenvalue weighted by Crippen LogP contribution is -2.35. The minimum atomic E-state index is -0.709. The zero-order valence-corrected chi connectivity index (χ0v) is 14.5. The number of hydrogen-bond donors (Lipinski definition) is 0. The summed E-state index contributed by atoms with van der Waals surface area (Å²) in [6.07, 6.45) is 3.51. The third kappa shape index (κ3) is 3.03. The van der Waals surface area contributed by atoms with Gasteiger partial charge in [-0.15, -0.1) is 0 Å². The van der Waals surface area contributed by atoms with Gasteiger partial charge in [0.1, 0.15) is 16.5 Å². The summed E-state index contributed by atoms with van der Waals surface area (Å²) in [4.78, 5) is 14.4. The fourth-order valence-electron chi connectivity index (χ4n) is 2.66. The Morgan fingerprint density at radius 2 is 2.09 bits per heavy atom. The van der Waals surface area contributed by atoms with Crippen molar-refractivity contribution in [2.24, 2.45) is 5.92 Å². The molecule has 0 amide bonds. The van der Waals surface area contributed by atoms with Crippen LogP contribution in [-0.2, 0) is 0 Å². The van der Waals surface area contributed by atoms with Gasteiger partial charge in [-0.05, 0) is 19.1 Å². The molecular weight excluding hydrogens is 360 g/mol. The highest BCUT2D eigenvalue weighted by atomic mass is 35.5. The van der Waals surface area contributed by atoms with E-state index in [1.807, 2.05) is 11.2 Å². The summed E-state index contributed by atoms with van der Waals surface area (Å²) in [6.45, 7) is 1.25. The molecule has 0 bridgehead atoms. The van der Waals surface area contributed by atoms with Crippen LogP contribution in [0.4, 0.5) is 10.2 Å². The van der Waals surface area contributed by atoms with Gasteiger partial charge < -0.3 is 4.90 Å². The number of halogens is 3. The van der Waals surface area contributed by atoms with Crippen molar-refractivity contribution in [2.75, 3.05) is 24.2 Å². The maximum atomic E-state index is 14.4. The molecule has 23 heavy (non-hydrogen) atoms. The molecule has 0 aliphatic carbocycles. The molecule has 0 spiro atoms. The quantitative estimate of drug-likeness (QED) is 0.452. The van der Waals surface area contributed by atoms with Crippen LogP contribution in [0.2, 0.25) is 10.3 Å². The fourth-order valence-corrected chi connectivity index (χ4v) is 3.50. The molecule has 0 N–H and O–H groups in total. The van der Waals surface area contributed by atoms with Crippen molar-refractivity contribution >= 4 is 51.7 Å². The van der Waals surface area contributed by atoms with Crippen molar-refractivity contribution in [1.29, 1.82) is 5.26 Å². The van der Waals surface area contributed by atoms with Crippen LogP contribution in [0.1, 0.15) is 12.8 Å². The molecule has 120 valence electrons. The Morgan fingerprint density at radius 3 is 2.78 bits per heavy atom. The van der Waals surface area contributed by atoms with Crippen LogP contribution in [0.5, 0.6) is 0 Å². The third-order valence-corrected chi connectivity index (χ3v) is 4.82. The summed E-state index contributed by atoms with van der Waals surface area (Å²) in [6, 6.07) is 2.28. The van der Waals surface area contributed by atoms with E-state index in [0.717, 1.165) is 19.4 Å². The van der Waals surface area contributed by atoms with Gasteiger partial charge in [-0.3, -0.25) is 0 Å². The van der Waals surface area contributed by atoms with E-state index in [2.05, 4.69) is 21.0 Å². The largest absolute Gasteiger partial charge is 0.355 e. The Balaban J connectivity index is 2.23. The topological polar surface area (TPSA) is 65.7 Å². The van der Waals surface area contributed by atoms with Crippen LogP contribution in [0, 0.1) is 23.1 Å². The molecule has 1 unspecified atom stereocenters. The highest BCUT2D eigenvalue weighted by molar-refractivity contribution is 7.98. The first-order chi connectivity index (χ1) is 11.0. The Morgan fingerprint density at radius 1 is 1.30 bits per heavy atom. The molecule has 5 nitrogen and oxygen atoms in total. The van der Waals surface area contributed by atoms with Crippen molar-refractivity contribution in [2.45, 2.75) is 18.0 Å². The van der Waals surface area contributed by atoms with E-state index in [1.165, 1.54) is 11.8 Å². The van der Waals surface area contributed by atoms with Gasteiger partial charge in [-0.1, -0.05) is 35.0 Å². The summed E-state index contributed by atoms with van der Waals surface area (Å²) < 4.78 is 14.4. The maximum Gasteiger partial charge on any atom is 0.189 e. The molecule has 1 atom stereocenters. The zero-order chi connectivity index (χ0) is 16.6. The first kappa shape index (κ1) is 16.5. The van der Waals surface area contributed by atoms with E-state index in [-0.39, 0.29) is 21.7 Å². The number of thioether (sulfide) groups is 1. The molecule has 0 saturated carbocycles. The van der Waals surface area contributed by atoms with Crippen LogP contribution in [0.3, 0.4) is 0 Å². The van der Waals surface area contributed by atoms with E-state index in [0.29, 0.717) is 22.9 Å². The molecule has 1 saturated heterocycles. The van der Waals surface area contributed by atoms with Crippen LogP contribution in [-0.4, -0.2) is 34.3 Å². The lowest BCUT2D eigenvalue weighted by Gasteiger charge is -2.31. The fraction of sp³-hybridized carbons (Fsp3) is 0.429. The molecule has 0 radical (unpaired) electrons. The van der Waals surface area contributed by atoms with Gasteiger partial charge in [0.05, 0.1) is 17.4 Å². The van der Waals surface area contributed by atoms with Crippen LogP contribution < -0.4 is 4.90 Å². The first-order valence-electron chi connectivity index (χ1n) is 6.96. The van der Waals surface area contributed by atoms with E-state index in [4.69, 9.17) is 23.2 Å². The lowest BCUT2D eigenvalue weighted by atomic mass is 9.99. The second-order valence-corrected chi connectivity index (χ2v) is 6.67. The van der Waals surface area contributed by atoms with Gasteiger partial charge in [0, 0.05) is 13.1 Å². The number of rotatable bonds is 2. The van der Waals surface area contributed by atoms with Crippen molar-refractivity contribution in [3.05, 3.63) is 16.1 Å². The number of piperidine rings is 1. The molecule has 2 aromatic heterocycles. The van der Waals surface area contributed by atoms with Crippen molar-refractivity contribution in [3.63, 3.8) is 0 Å². The van der Waals surface area contributed by atoms with Crippen LogP contribution >= 0.6 is 35.0 Å². The number of nitriles is 1. The molecule has 2 aromatic rings. The Hall–Kier alpha value is -1.36. The Kier molecular flexibility index (Phi) is 4.76. The summed E-state index contributed by atoms with van der Waals surface area (Å²) in [5.41, 5.74) is 0.0587. The van der Waals surface area contributed by atoms with E-state index >= 15 is 0 Å². The van der Waals surface area contributed by atoms with Crippen LogP contribution in [0.15, 0.2) is 5.16 Å². The number of anilines is 1. The Labute approximate surface area is 146 Å². The van der Waals surface area contributed by atoms with Gasteiger partial charge >= 0.3 is 0 Å². The average molecular weight is 372 g/mol. The molecule has 3 heterocycles. The number of nitrogens with zero attached hydrogens (tertiary/aromatic N) is 5. The summed E-state index contributed by atoms with van der Waals surface area (Å²) in [5, 5.41) is 9.68. The van der Waals surface area contributed by atoms with Gasteiger partial charge in [0.15, 0.2) is 16.1 Å². The minimum absolute atomic E-state index is 0.0587. The van der Waals surface area contributed by atoms with E-state index in [1.54, 1.807) is 0 Å². The minimum Gasteiger partial charge on any atom is -0.355 e. The standard InChI is InChI=1S/C14H12Cl2FN5S/c1-23-14-19-10-8(11(15)20-12(16)9(10)17)13(21-14)22-4-2-3-7(5-18)6-22/h7H,2-4,6H2,1H3. The first-order valence-corrected chi connectivity index (χ1v) is 8.94. The van der Waals surface area contributed by atoms with Crippen molar-refractivity contribution in [1.82, 2.24) is 15.0 Å². The summed E-state index contributed by atoms with van der Waals surface area (Å²) >= 11 is 13.3. The van der Waals surface area contributed by atoms with Gasteiger partial charge in [-0.25, -0.2) is 19.3 Å². The number of fused-ring (bicyclic) bond motifs is 1. The lowest BCUT2D eigenvalue weighted by molar-refractivity contribution is 0.490. The van der Waals surface area contributed by atoms with Gasteiger partial charge in [0.2, 0.25) is 0 Å². The van der Waals surface area contributed by atoms with Gasteiger partial charge in [0.25, 0.3) is 0 Å². The number of aromatic nitrogens is 3. The molecule has 1 fully saturated rings. The normalized spacial score (nSPS) is 18.2. The predicted octanol–water partition coefficient (Wildman–Crippen LogP) is 3.93. The van der Waals surface area contributed by atoms with Crippen molar-refractivity contribution < 1.29 is 4.39 Å².